The van der Waals surface area contributed by atoms with E-state index in [1.807, 2.05) is 0 Å². The van der Waals surface area contributed by atoms with Crippen molar-refractivity contribution >= 4 is 30.0 Å². The van der Waals surface area contributed by atoms with E-state index in [4.69, 9.17) is 9.16 Å². The third-order valence-corrected chi connectivity index (χ3v) is 13.0. The molecule has 10 heteroatoms. The molecule has 7 nitrogen and oxygen atoms in total. The first-order chi connectivity index (χ1) is 19.1. The van der Waals surface area contributed by atoms with Crippen molar-refractivity contribution in [3.05, 3.63) is 107 Å². The number of ether oxygens (including phenoxy) is 1. The Morgan fingerprint density at radius 3 is 2.07 bits per heavy atom. The van der Waals surface area contributed by atoms with Gasteiger partial charge in [-0.2, -0.15) is 4.39 Å². The fraction of sp³-hybridized carbons (Fsp3) is 0.290. The van der Waals surface area contributed by atoms with Crippen molar-refractivity contribution < 1.29 is 31.6 Å². The minimum atomic E-state index is -4.64. The Morgan fingerprint density at radius 2 is 1.51 bits per heavy atom. The van der Waals surface area contributed by atoms with E-state index in [2.05, 4.69) is 39.2 Å². The van der Waals surface area contributed by atoms with E-state index in [1.165, 1.54) is 36.4 Å². The summed E-state index contributed by atoms with van der Waals surface area (Å²) >= 11 is 0. The number of hydrogen-bond acceptors (Lipinski definition) is 6. The van der Waals surface area contributed by atoms with Crippen LogP contribution in [0.4, 0.5) is 4.39 Å². The summed E-state index contributed by atoms with van der Waals surface area (Å²) in [6.45, 7) is 10.5. The molecule has 0 bridgehead atoms. The van der Waals surface area contributed by atoms with Gasteiger partial charge in [-0.05, 0) is 60.1 Å². The highest BCUT2D eigenvalue weighted by Crippen LogP contribution is 2.37. The summed E-state index contributed by atoms with van der Waals surface area (Å²) in [6, 6.07) is 21.9. The molecule has 0 heterocycles. The molecule has 0 unspecified atom stereocenters. The van der Waals surface area contributed by atoms with Gasteiger partial charge in [0.05, 0.1) is 12.0 Å². The van der Waals surface area contributed by atoms with Crippen LogP contribution >= 0.6 is 0 Å². The lowest BCUT2D eigenvalue weighted by molar-refractivity contribution is -0.146. The van der Waals surface area contributed by atoms with E-state index in [0.717, 1.165) is 7.11 Å². The topological polar surface area (TPSA) is 98.8 Å². The van der Waals surface area contributed by atoms with Crippen molar-refractivity contribution in [2.75, 3.05) is 7.11 Å². The lowest BCUT2D eigenvalue weighted by atomic mass is 9.90. The van der Waals surface area contributed by atoms with E-state index in [0.29, 0.717) is 17.4 Å². The Hall–Kier alpha value is -3.76. The SMILES string of the molecule is COC(=O)[C@@](/C=C(\F)S(=O)(=O)c1ccccc1)(Cc1cccc(O[Si](C)(C)C(C)(C)C)c1)NC(=O)c1ccccc1. The van der Waals surface area contributed by atoms with Crippen LogP contribution in [-0.2, 0) is 25.8 Å². The molecule has 1 amide bonds. The Bertz CT molecular complexity index is 1520. The molecule has 0 aliphatic rings. The molecule has 0 aliphatic heterocycles. The highest BCUT2D eigenvalue weighted by atomic mass is 32.2. The van der Waals surface area contributed by atoms with Gasteiger partial charge in [0.1, 0.15) is 5.75 Å². The molecule has 3 aromatic carbocycles. The second-order valence-corrected chi connectivity index (χ2v) is 17.8. The number of esters is 1. The zero-order chi connectivity index (χ0) is 30.5. The molecule has 0 saturated heterocycles. The number of amides is 1. The average molecular weight is 598 g/mol. The van der Waals surface area contributed by atoms with Crippen molar-refractivity contribution in [2.24, 2.45) is 0 Å². The minimum Gasteiger partial charge on any atom is -0.543 e. The first-order valence-electron chi connectivity index (χ1n) is 13.0. The van der Waals surface area contributed by atoms with Gasteiger partial charge >= 0.3 is 5.97 Å². The van der Waals surface area contributed by atoms with Crippen molar-refractivity contribution in [3.63, 3.8) is 0 Å². The molecule has 3 rings (SSSR count). The number of halogens is 1. The van der Waals surface area contributed by atoms with Gasteiger partial charge in [0.2, 0.25) is 23.3 Å². The quantitative estimate of drug-likeness (QED) is 0.219. The summed E-state index contributed by atoms with van der Waals surface area (Å²) < 4.78 is 53.4. The number of benzene rings is 3. The first-order valence-corrected chi connectivity index (χ1v) is 17.4. The predicted octanol–water partition coefficient (Wildman–Crippen LogP) is 6.24. The fourth-order valence-corrected chi connectivity index (χ4v) is 5.95. The fourth-order valence-electron chi connectivity index (χ4n) is 3.83. The smallest absolute Gasteiger partial charge is 0.336 e. The van der Waals surface area contributed by atoms with E-state index in [1.54, 1.807) is 48.5 Å². The Labute approximate surface area is 242 Å². The van der Waals surface area contributed by atoms with E-state index < -0.39 is 40.7 Å². The maximum Gasteiger partial charge on any atom is 0.336 e. The third kappa shape index (κ3) is 7.50. The number of carbonyl (C=O) groups is 2. The molecule has 0 fully saturated rings. The number of nitrogens with one attached hydrogen (secondary N) is 1. The third-order valence-electron chi connectivity index (χ3n) is 7.15. The van der Waals surface area contributed by atoms with Crippen LogP contribution in [-0.4, -0.2) is 41.3 Å². The van der Waals surface area contributed by atoms with E-state index in [9.17, 15) is 18.0 Å². The lowest BCUT2D eigenvalue weighted by Crippen LogP contribution is -2.55. The number of carbonyl (C=O) groups excluding carboxylic acids is 2. The van der Waals surface area contributed by atoms with Gasteiger partial charge in [0.25, 0.3) is 5.91 Å². The maximum absolute atomic E-state index is 15.7. The van der Waals surface area contributed by atoms with E-state index >= 15 is 4.39 Å². The maximum atomic E-state index is 15.7. The summed E-state index contributed by atoms with van der Waals surface area (Å²) in [5.74, 6) is -1.22. The largest absolute Gasteiger partial charge is 0.543 e. The van der Waals surface area contributed by atoms with Crippen molar-refractivity contribution in [1.29, 1.82) is 0 Å². The molecule has 218 valence electrons. The van der Waals surface area contributed by atoms with Crippen LogP contribution in [0.15, 0.2) is 101 Å². The van der Waals surface area contributed by atoms with Crippen LogP contribution < -0.4 is 9.74 Å². The van der Waals surface area contributed by atoms with Gasteiger partial charge in [-0.3, -0.25) is 4.79 Å². The second kappa shape index (κ2) is 12.4. The van der Waals surface area contributed by atoms with Gasteiger partial charge in [0, 0.05) is 18.1 Å². The van der Waals surface area contributed by atoms with Crippen LogP contribution in [0.3, 0.4) is 0 Å². The predicted molar refractivity (Wildman–Crippen MR) is 159 cm³/mol. The average Bonchev–Trinajstić information content (AvgIpc) is 2.92. The van der Waals surface area contributed by atoms with Crippen LogP contribution in [0.25, 0.3) is 0 Å². The molecule has 1 atom stereocenters. The van der Waals surface area contributed by atoms with Crippen molar-refractivity contribution in [1.82, 2.24) is 5.32 Å². The summed E-state index contributed by atoms with van der Waals surface area (Å²) in [6.07, 6.45) is 0.300. The van der Waals surface area contributed by atoms with Gasteiger partial charge in [-0.25, -0.2) is 13.2 Å². The van der Waals surface area contributed by atoms with Crippen LogP contribution in [0.2, 0.25) is 18.1 Å². The van der Waals surface area contributed by atoms with Crippen LogP contribution in [0, 0.1) is 0 Å². The number of hydrogen-bond donors (Lipinski definition) is 1. The number of rotatable bonds is 10. The molecule has 1 N–H and O–H groups in total. The second-order valence-electron chi connectivity index (χ2n) is 11.2. The summed E-state index contributed by atoms with van der Waals surface area (Å²) in [5.41, 5.74) is -1.54. The molecule has 41 heavy (non-hydrogen) atoms. The van der Waals surface area contributed by atoms with Crippen LogP contribution in [0.5, 0.6) is 5.75 Å². The van der Waals surface area contributed by atoms with Crippen molar-refractivity contribution in [2.45, 2.75) is 55.8 Å². The summed E-state index contributed by atoms with van der Waals surface area (Å²) in [7, 11) is -5.78. The first kappa shape index (κ1) is 31.8. The standard InChI is InChI=1S/C31H36FNO6SSi/c1-30(2,3)41(5,6)39-25-17-13-14-23(20-25)21-31(29(35)38-4,33-28(34)24-15-9-7-10-16-24)22-27(32)40(36,37)26-18-11-8-12-19-26/h7-20,22H,21H2,1-6H3,(H,33,34)/b27-22+/t31-/m0/s1. The normalized spacial score (nSPS) is 14.1. The molecule has 0 aliphatic carbocycles. The minimum absolute atomic E-state index is 0.0832. The van der Waals surface area contributed by atoms with Gasteiger partial charge < -0.3 is 14.5 Å². The molecule has 0 saturated carbocycles. The summed E-state index contributed by atoms with van der Waals surface area (Å²) in [4.78, 5) is 26.4. The van der Waals surface area contributed by atoms with Crippen molar-refractivity contribution in [3.8, 4) is 5.75 Å². The lowest BCUT2D eigenvalue weighted by Gasteiger charge is -2.36. The zero-order valence-electron chi connectivity index (χ0n) is 24.1. The van der Waals surface area contributed by atoms with E-state index in [-0.39, 0.29) is 21.9 Å². The van der Waals surface area contributed by atoms with Crippen LogP contribution in [0.1, 0.15) is 36.7 Å². The molecule has 0 spiro atoms. The Balaban J connectivity index is 2.15. The van der Waals surface area contributed by atoms with Gasteiger partial charge in [-0.1, -0.05) is 69.3 Å². The van der Waals surface area contributed by atoms with Gasteiger partial charge in [0.15, 0.2) is 5.54 Å². The molecule has 3 aromatic rings. The molecular formula is C31H36FNO6SSi. The number of sulfone groups is 1. The molecular weight excluding hydrogens is 561 g/mol. The summed E-state index contributed by atoms with van der Waals surface area (Å²) in [5, 5.41) is 0.882. The Morgan fingerprint density at radius 1 is 0.927 bits per heavy atom. The Kier molecular flexibility index (Phi) is 9.61. The number of methoxy groups -OCH3 is 1. The molecule has 0 aromatic heterocycles. The monoisotopic (exact) mass is 597 g/mol. The highest BCUT2D eigenvalue weighted by Gasteiger charge is 2.43. The zero-order valence-corrected chi connectivity index (χ0v) is 25.9. The highest BCUT2D eigenvalue weighted by molar-refractivity contribution is 7.95. The molecule has 0 radical (unpaired) electrons. The van der Waals surface area contributed by atoms with Gasteiger partial charge in [-0.15, -0.1) is 0 Å².